The highest BCUT2D eigenvalue weighted by Crippen LogP contribution is 2.33. The van der Waals surface area contributed by atoms with Crippen LogP contribution in [0.2, 0.25) is 0 Å². The number of halogens is 3. The number of fused-ring (bicyclic) bond motifs is 1. The van der Waals surface area contributed by atoms with E-state index in [0.29, 0.717) is 48.0 Å². The molecule has 1 amide bonds. The van der Waals surface area contributed by atoms with Gasteiger partial charge in [-0.2, -0.15) is 13.2 Å². The van der Waals surface area contributed by atoms with E-state index in [1.54, 1.807) is 7.11 Å². The number of hydrogen-bond acceptors (Lipinski definition) is 7. The molecule has 4 heterocycles. The summed E-state index contributed by atoms with van der Waals surface area (Å²) < 4.78 is 45.9. The summed E-state index contributed by atoms with van der Waals surface area (Å²) in [6.07, 6.45) is 0.599. The maximum absolute atomic E-state index is 12.9. The van der Waals surface area contributed by atoms with Gasteiger partial charge in [-0.15, -0.1) is 0 Å². The molecule has 3 aromatic heterocycles. The fourth-order valence-corrected chi connectivity index (χ4v) is 4.75. The number of carbonyl (C=O) groups is 1. The van der Waals surface area contributed by atoms with E-state index in [4.69, 9.17) is 4.74 Å². The lowest BCUT2D eigenvalue weighted by Gasteiger charge is -2.35. The maximum atomic E-state index is 12.9. The zero-order valence-electron chi connectivity index (χ0n) is 19.4. The number of imidazole rings is 1. The molecule has 1 N–H and O–H groups in total. The van der Waals surface area contributed by atoms with Gasteiger partial charge in [0, 0.05) is 50.5 Å². The lowest BCUT2D eigenvalue weighted by Crippen LogP contribution is -2.44. The normalized spacial score (nSPS) is 22.4. The van der Waals surface area contributed by atoms with E-state index in [1.165, 1.54) is 18.6 Å². The zero-order valence-corrected chi connectivity index (χ0v) is 19.4. The van der Waals surface area contributed by atoms with Crippen molar-refractivity contribution in [1.29, 1.82) is 0 Å². The molecular formula is C23H26F3N7O2. The minimum Gasteiger partial charge on any atom is -0.381 e. The van der Waals surface area contributed by atoms with Gasteiger partial charge < -0.3 is 19.5 Å². The van der Waals surface area contributed by atoms with Gasteiger partial charge in [0.1, 0.15) is 17.8 Å². The summed E-state index contributed by atoms with van der Waals surface area (Å²) in [6.45, 7) is 3.67. The molecule has 1 atom stereocenters. The van der Waals surface area contributed by atoms with Crippen molar-refractivity contribution < 1.29 is 22.7 Å². The van der Waals surface area contributed by atoms with Crippen LogP contribution in [0.4, 0.5) is 19.0 Å². The Hall–Kier alpha value is -3.28. The largest absolute Gasteiger partial charge is 0.433 e. The highest BCUT2D eigenvalue weighted by atomic mass is 19.4. The maximum Gasteiger partial charge on any atom is 0.433 e. The summed E-state index contributed by atoms with van der Waals surface area (Å²) in [5.41, 5.74) is 0.598. The van der Waals surface area contributed by atoms with Gasteiger partial charge in [0.05, 0.1) is 6.10 Å². The molecule has 1 aliphatic carbocycles. The van der Waals surface area contributed by atoms with E-state index in [9.17, 15) is 18.0 Å². The number of aryl methyl sites for hydroxylation is 1. The van der Waals surface area contributed by atoms with E-state index >= 15 is 0 Å². The predicted octanol–water partition coefficient (Wildman–Crippen LogP) is 3.36. The van der Waals surface area contributed by atoms with Gasteiger partial charge in [-0.05, 0) is 38.3 Å². The van der Waals surface area contributed by atoms with Crippen LogP contribution >= 0.6 is 0 Å². The topological polar surface area (TPSA) is 98.1 Å². The van der Waals surface area contributed by atoms with Crippen LogP contribution < -0.4 is 5.32 Å². The Balaban J connectivity index is 1.35. The third-order valence-electron chi connectivity index (χ3n) is 6.78. The first-order chi connectivity index (χ1) is 16.8. The molecule has 2 aliphatic rings. The van der Waals surface area contributed by atoms with Crippen LogP contribution in [-0.2, 0) is 22.3 Å². The molecule has 0 radical (unpaired) electrons. The fraction of sp³-hybridized carbons (Fsp3) is 0.522. The number of ether oxygens (including phenoxy) is 1. The van der Waals surface area contributed by atoms with E-state index < -0.39 is 11.9 Å². The molecule has 3 aromatic rings. The lowest BCUT2D eigenvalue weighted by atomic mass is 9.81. The van der Waals surface area contributed by atoms with Crippen molar-refractivity contribution in [2.24, 2.45) is 5.92 Å². The van der Waals surface area contributed by atoms with Gasteiger partial charge in [-0.25, -0.2) is 15.0 Å². The first-order valence-electron chi connectivity index (χ1n) is 11.6. The van der Waals surface area contributed by atoms with Crippen LogP contribution in [0.15, 0.2) is 24.7 Å². The number of alkyl halides is 3. The number of hydrogen-bond donors (Lipinski definition) is 1. The number of methoxy groups -OCH3 is 1. The van der Waals surface area contributed by atoms with Crippen molar-refractivity contribution in [3.05, 3.63) is 30.4 Å². The standard InChI is InChI=1S/C23H26F3N7O2/c1-3-33-20(13-4-5-17(27-10-13)23(24,25)26)31-18-19(28-12-29-21(18)33)30-15-6-7-32(11-15)22(34)14-8-16(9-14)35-2/h4-5,10,12,14-16H,3,6-9,11H2,1-2H3,(H,28,29,30)/t14-,15-,16+/m0/s1. The lowest BCUT2D eigenvalue weighted by molar-refractivity contribution is -0.142. The van der Waals surface area contributed by atoms with Crippen molar-refractivity contribution in [3.8, 4) is 11.4 Å². The molecule has 9 nitrogen and oxygen atoms in total. The number of aromatic nitrogens is 5. The van der Waals surface area contributed by atoms with Crippen LogP contribution in [0.5, 0.6) is 0 Å². The van der Waals surface area contributed by atoms with Gasteiger partial charge in [-0.1, -0.05) is 0 Å². The number of anilines is 1. The molecule has 0 aromatic carbocycles. The summed E-state index contributed by atoms with van der Waals surface area (Å²) in [4.78, 5) is 31.6. The molecule has 1 aliphatic heterocycles. The molecule has 5 rings (SSSR count). The van der Waals surface area contributed by atoms with E-state index in [0.717, 1.165) is 25.3 Å². The Kier molecular flexibility index (Phi) is 6.07. The minimum absolute atomic E-state index is 0.0123. The van der Waals surface area contributed by atoms with Crippen LogP contribution in [0.25, 0.3) is 22.6 Å². The number of nitrogens with zero attached hydrogens (tertiary/aromatic N) is 6. The zero-order chi connectivity index (χ0) is 24.7. The quantitative estimate of drug-likeness (QED) is 0.567. The fourth-order valence-electron chi connectivity index (χ4n) is 4.75. The van der Waals surface area contributed by atoms with Crippen molar-refractivity contribution in [1.82, 2.24) is 29.4 Å². The molecule has 1 saturated carbocycles. The van der Waals surface area contributed by atoms with Gasteiger partial charge in [-0.3, -0.25) is 9.78 Å². The number of likely N-dealkylation sites (tertiary alicyclic amines) is 1. The van der Waals surface area contributed by atoms with Gasteiger partial charge in [0.15, 0.2) is 17.0 Å². The molecule has 1 saturated heterocycles. The second-order valence-corrected chi connectivity index (χ2v) is 8.94. The molecule has 0 spiro atoms. The monoisotopic (exact) mass is 489 g/mol. The van der Waals surface area contributed by atoms with Gasteiger partial charge in [0.25, 0.3) is 0 Å². The molecule has 0 bridgehead atoms. The Morgan fingerprint density at radius 1 is 1.23 bits per heavy atom. The van der Waals surface area contributed by atoms with Gasteiger partial charge in [0.2, 0.25) is 5.91 Å². The SMILES string of the molecule is CCn1c(-c2ccc(C(F)(F)F)nc2)nc2c(N[C@H]3CCN(C(=O)[C@H]4C[C@@H](OC)C4)C3)ncnc21. The third kappa shape index (κ3) is 4.42. The predicted molar refractivity (Wildman–Crippen MR) is 121 cm³/mol. The second kappa shape index (κ2) is 9.06. The number of pyridine rings is 1. The first-order valence-corrected chi connectivity index (χ1v) is 11.6. The highest BCUT2D eigenvalue weighted by molar-refractivity contribution is 5.86. The Bertz CT molecular complexity index is 1220. The molecule has 35 heavy (non-hydrogen) atoms. The number of amides is 1. The van der Waals surface area contributed by atoms with Crippen LogP contribution in [0, 0.1) is 5.92 Å². The number of rotatable bonds is 6. The van der Waals surface area contributed by atoms with Gasteiger partial charge >= 0.3 is 6.18 Å². The highest BCUT2D eigenvalue weighted by Gasteiger charge is 2.39. The smallest absolute Gasteiger partial charge is 0.381 e. The van der Waals surface area contributed by atoms with E-state index in [1.807, 2.05) is 16.4 Å². The average Bonchev–Trinajstić information content (AvgIpc) is 3.43. The number of nitrogens with one attached hydrogen (secondary N) is 1. The molecular weight excluding hydrogens is 463 g/mol. The molecule has 0 unspecified atom stereocenters. The van der Waals surface area contributed by atoms with Crippen LogP contribution in [0.1, 0.15) is 31.9 Å². The average molecular weight is 490 g/mol. The summed E-state index contributed by atoms with van der Waals surface area (Å²) in [5.74, 6) is 1.20. The van der Waals surface area contributed by atoms with Crippen molar-refractivity contribution >= 4 is 22.9 Å². The second-order valence-electron chi connectivity index (χ2n) is 8.94. The van der Waals surface area contributed by atoms with Crippen LogP contribution in [0.3, 0.4) is 0 Å². The van der Waals surface area contributed by atoms with Crippen molar-refractivity contribution in [2.75, 3.05) is 25.5 Å². The summed E-state index contributed by atoms with van der Waals surface area (Å²) in [6, 6.07) is 2.32. The molecule has 12 heteroatoms. The summed E-state index contributed by atoms with van der Waals surface area (Å²) >= 11 is 0. The van der Waals surface area contributed by atoms with E-state index in [2.05, 4.69) is 25.3 Å². The molecule has 186 valence electrons. The summed E-state index contributed by atoms with van der Waals surface area (Å²) in [5, 5.41) is 3.40. The molecule has 2 fully saturated rings. The minimum atomic E-state index is -4.51. The number of carbonyl (C=O) groups excluding carboxylic acids is 1. The third-order valence-corrected chi connectivity index (χ3v) is 6.78. The summed E-state index contributed by atoms with van der Waals surface area (Å²) in [7, 11) is 1.67. The van der Waals surface area contributed by atoms with Crippen LogP contribution in [-0.4, -0.2) is 67.7 Å². The first kappa shape index (κ1) is 23.5. The van der Waals surface area contributed by atoms with E-state index in [-0.39, 0.29) is 24.0 Å². The van der Waals surface area contributed by atoms with Crippen molar-refractivity contribution in [2.45, 2.75) is 51.1 Å². The Morgan fingerprint density at radius 2 is 2.03 bits per heavy atom. The van der Waals surface area contributed by atoms with Crippen molar-refractivity contribution in [3.63, 3.8) is 0 Å². The Labute approximate surface area is 199 Å². The Morgan fingerprint density at radius 3 is 2.69 bits per heavy atom.